The molecule has 2 fully saturated rings. The molecule has 3 aromatic rings. The molecule has 0 N–H and O–H groups in total. The van der Waals surface area contributed by atoms with Crippen LogP contribution in [0.2, 0.25) is 0 Å². The minimum absolute atomic E-state index is 0.00205. The maximum absolute atomic E-state index is 15.4. The van der Waals surface area contributed by atoms with Crippen molar-refractivity contribution in [3.8, 4) is 16.9 Å². The number of sulfonamides is 1. The van der Waals surface area contributed by atoms with E-state index in [-0.39, 0.29) is 65.7 Å². The maximum Gasteiger partial charge on any atom is 0.263 e. The average molecular weight is 552 g/mol. The van der Waals surface area contributed by atoms with Crippen molar-refractivity contribution in [3.63, 3.8) is 0 Å². The summed E-state index contributed by atoms with van der Waals surface area (Å²) in [5, 5.41) is 3.66. The Hall–Kier alpha value is -3.42. The molecule has 2 aliphatic heterocycles. The first kappa shape index (κ1) is 26.2. The highest BCUT2D eigenvalue weighted by atomic mass is 32.2. The summed E-state index contributed by atoms with van der Waals surface area (Å²) in [5.74, 6) is -1.33. The van der Waals surface area contributed by atoms with Gasteiger partial charge in [-0.1, -0.05) is 23.4 Å². The Balaban J connectivity index is 1.43. The van der Waals surface area contributed by atoms with Gasteiger partial charge in [0.1, 0.15) is 30.2 Å². The minimum Gasteiger partial charge on any atom is -0.495 e. The van der Waals surface area contributed by atoms with E-state index in [1.54, 1.807) is 0 Å². The highest BCUT2D eigenvalue weighted by Crippen LogP contribution is 2.40. The molecule has 2 saturated heterocycles. The largest absolute Gasteiger partial charge is 0.495 e. The van der Waals surface area contributed by atoms with Gasteiger partial charge in [-0.2, -0.15) is 4.31 Å². The number of methoxy groups -OCH3 is 1. The van der Waals surface area contributed by atoms with Crippen LogP contribution in [-0.4, -0.2) is 62.7 Å². The van der Waals surface area contributed by atoms with E-state index in [2.05, 4.69) is 5.16 Å². The molecule has 0 radical (unpaired) electrons. The number of ether oxygens (including phenoxy) is 2. The fraction of sp³-hybridized carbons (Fsp3) is 0.360. The highest BCUT2D eigenvalue weighted by molar-refractivity contribution is 7.88. The zero-order valence-corrected chi connectivity index (χ0v) is 21.0. The number of rotatable bonds is 7. The predicted octanol–water partition coefficient (Wildman–Crippen LogP) is 3.76. The Bertz CT molecular complexity index is 1430. The number of morpholine rings is 1. The van der Waals surface area contributed by atoms with Crippen LogP contribution < -0.4 is 9.64 Å². The van der Waals surface area contributed by atoms with E-state index in [4.69, 9.17) is 14.0 Å². The number of carbonyl (C=O) groups excluding carboxylic acids is 1. The number of hydrogen-bond donors (Lipinski definition) is 0. The van der Waals surface area contributed by atoms with Crippen molar-refractivity contribution in [2.24, 2.45) is 0 Å². The number of aromatic nitrogens is 1. The number of benzene rings is 2. The van der Waals surface area contributed by atoms with Crippen LogP contribution >= 0.6 is 0 Å². The van der Waals surface area contributed by atoms with Gasteiger partial charge >= 0.3 is 0 Å². The normalized spacial score (nSPS) is 20.6. The second-order valence-corrected chi connectivity index (χ2v) is 11.0. The molecule has 9 nitrogen and oxygen atoms in total. The highest BCUT2D eigenvalue weighted by Gasteiger charge is 2.44. The van der Waals surface area contributed by atoms with E-state index in [0.29, 0.717) is 0 Å². The minimum atomic E-state index is -3.73. The number of anilines is 1. The summed E-state index contributed by atoms with van der Waals surface area (Å²) in [4.78, 5) is 14.4. The zero-order valence-electron chi connectivity index (χ0n) is 20.2. The monoisotopic (exact) mass is 551 g/mol. The van der Waals surface area contributed by atoms with Gasteiger partial charge in [0, 0.05) is 36.3 Å². The zero-order chi connectivity index (χ0) is 27.0. The van der Waals surface area contributed by atoms with Crippen molar-refractivity contribution in [1.82, 2.24) is 9.46 Å². The number of carbonyl (C=O) groups is 1. The molecule has 2 aliphatic rings. The molecule has 202 valence electrons. The van der Waals surface area contributed by atoms with Gasteiger partial charge in [-0.3, -0.25) is 4.79 Å². The first-order chi connectivity index (χ1) is 18.2. The summed E-state index contributed by atoms with van der Waals surface area (Å²) in [6, 6.07) is 8.77. The third-order valence-corrected chi connectivity index (χ3v) is 8.48. The SMILES string of the molecule is COc1cc(-c2cccc(C(F)F)c2)c(F)cc1N1C(=O)CO[C@H]2CN(S(=O)(=O)Cc3ccon3)CC[C@@H]21. The topological polar surface area (TPSA) is 102 Å². The number of alkyl halides is 2. The Kier molecular flexibility index (Phi) is 7.16. The summed E-state index contributed by atoms with van der Waals surface area (Å²) < 4.78 is 84.8. The molecule has 1 amide bonds. The molecule has 38 heavy (non-hydrogen) atoms. The summed E-state index contributed by atoms with van der Waals surface area (Å²) in [6.45, 7) is -0.225. The smallest absolute Gasteiger partial charge is 0.263 e. The van der Waals surface area contributed by atoms with Gasteiger partial charge in [-0.25, -0.2) is 21.6 Å². The quantitative estimate of drug-likeness (QED) is 0.441. The van der Waals surface area contributed by atoms with Gasteiger partial charge in [0.15, 0.2) is 0 Å². The van der Waals surface area contributed by atoms with Crippen molar-refractivity contribution < 1.29 is 40.4 Å². The first-order valence-corrected chi connectivity index (χ1v) is 13.4. The van der Waals surface area contributed by atoms with E-state index in [9.17, 15) is 22.0 Å². The third kappa shape index (κ3) is 5.00. The molecule has 13 heteroatoms. The molecule has 0 spiro atoms. The number of hydrogen-bond acceptors (Lipinski definition) is 7. The first-order valence-electron chi connectivity index (χ1n) is 11.7. The van der Waals surface area contributed by atoms with E-state index in [1.807, 2.05) is 0 Å². The van der Waals surface area contributed by atoms with E-state index < -0.39 is 40.3 Å². The third-order valence-electron chi connectivity index (χ3n) is 6.70. The van der Waals surface area contributed by atoms with Gasteiger partial charge in [0.2, 0.25) is 10.0 Å². The Morgan fingerprint density at radius 2 is 2.03 bits per heavy atom. The molecule has 5 rings (SSSR count). The van der Waals surface area contributed by atoms with Gasteiger partial charge in [0.25, 0.3) is 12.3 Å². The second-order valence-electron chi connectivity index (χ2n) is 9.00. The van der Waals surface area contributed by atoms with Crippen molar-refractivity contribution in [2.45, 2.75) is 30.7 Å². The molecule has 0 unspecified atom stereocenters. The van der Waals surface area contributed by atoms with Crippen LogP contribution in [-0.2, 0) is 25.3 Å². The molecule has 2 aromatic carbocycles. The summed E-state index contributed by atoms with van der Waals surface area (Å²) in [7, 11) is -2.37. The van der Waals surface area contributed by atoms with Gasteiger partial charge < -0.3 is 18.9 Å². The fourth-order valence-corrected chi connectivity index (χ4v) is 6.34. The summed E-state index contributed by atoms with van der Waals surface area (Å²) in [6.07, 6.45) is -1.85. The van der Waals surface area contributed by atoms with E-state index in [0.717, 1.165) is 6.07 Å². The Morgan fingerprint density at radius 1 is 1.21 bits per heavy atom. The van der Waals surface area contributed by atoms with E-state index >= 15 is 4.39 Å². The molecule has 1 aromatic heterocycles. The lowest BCUT2D eigenvalue weighted by Crippen LogP contribution is -2.62. The lowest BCUT2D eigenvalue weighted by atomic mass is 9.97. The second kappa shape index (κ2) is 10.4. The van der Waals surface area contributed by atoms with Gasteiger partial charge in [-0.05, 0) is 24.1 Å². The average Bonchev–Trinajstić information content (AvgIpc) is 3.40. The molecule has 2 atom stereocenters. The van der Waals surface area contributed by atoms with Crippen LogP contribution in [0.5, 0.6) is 5.75 Å². The van der Waals surface area contributed by atoms with Crippen LogP contribution in [0.15, 0.2) is 53.3 Å². The van der Waals surface area contributed by atoms with Gasteiger partial charge in [0.05, 0.1) is 30.6 Å². The molecular formula is C25H24F3N3O6S. The fourth-order valence-electron chi connectivity index (χ4n) is 4.88. The van der Waals surface area contributed by atoms with Crippen molar-refractivity contribution in [1.29, 1.82) is 0 Å². The lowest BCUT2D eigenvalue weighted by molar-refractivity contribution is -0.134. The Morgan fingerprint density at radius 3 is 2.74 bits per heavy atom. The molecule has 0 saturated carbocycles. The van der Waals surface area contributed by atoms with Crippen molar-refractivity contribution in [3.05, 3.63) is 65.8 Å². The molecule has 3 heterocycles. The standard InChI is InChI=1S/C25H24F3N3O6S/c1-35-22-10-18(15-3-2-4-16(9-15)25(27)28)19(26)11-21(22)31-20-5-7-30(12-23(20)36-13-24(31)32)38(33,34)14-17-6-8-37-29-17/h2-4,6,8-11,20,23,25H,5,7,12-14H2,1H3/t20-,23-/m0/s1. The number of piperidine rings is 1. The van der Waals surface area contributed by atoms with E-state index in [1.165, 1.54) is 59.0 Å². The summed E-state index contributed by atoms with van der Waals surface area (Å²) in [5.41, 5.74) is 0.455. The summed E-state index contributed by atoms with van der Waals surface area (Å²) >= 11 is 0. The van der Waals surface area contributed by atoms with Crippen molar-refractivity contribution in [2.75, 3.05) is 31.7 Å². The van der Waals surface area contributed by atoms with Crippen LogP contribution in [0.4, 0.5) is 18.9 Å². The molecular weight excluding hydrogens is 527 g/mol. The molecule has 0 aliphatic carbocycles. The van der Waals surface area contributed by atoms with Crippen molar-refractivity contribution >= 4 is 21.6 Å². The van der Waals surface area contributed by atoms with Crippen LogP contribution in [0.25, 0.3) is 11.1 Å². The lowest BCUT2D eigenvalue weighted by Gasteiger charge is -2.46. The van der Waals surface area contributed by atoms with Crippen LogP contribution in [0.3, 0.4) is 0 Å². The Labute approximate surface area is 216 Å². The number of halogens is 3. The maximum atomic E-state index is 15.4. The number of amides is 1. The number of fused-ring (bicyclic) bond motifs is 1. The predicted molar refractivity (Wildman–Crippen MR) is 130 cm³/mol. The number of nitrogens with zero attached hydrogens (tertiary/aromatic N) is 3. The van der Waals surface area contributed by atoms with Gasteiger partial charge in [-0.15, -0.1) is 0 Å². The molecule has 0 bridgehead atoms. The van der Waals surface area contributed by atoms with Crippen LogP contribution in [0, 0.1) is 5.82 Å². The van der Waals surface area contributed by atoms with Crippen LogP contribution in [0.1, 0.15) is 24.1 Å².